The molecule has 3 nitrogen and oxygen atoms in total. The molecule has 122 valence electrons. The molecule has 2 rings (SSSR count). The summed E-state index contributed by atoms with van der Waals surface area (Å²) in [7, 11) is 0. The second-order valence-corrected chi connectivity index (χ2v) is 8.66. The van der Waals surface area contributed by atoms with Crippen LogP contribution >= 0.6 is 43.2 Å². The Morgan fingerprint density at radius 1 is 1.18 bits per heavy atom. The third-order valence-corrected chi connectivity index (χ3v) is 5.80. The van der Waals surface area contributed by atoms with Crippen molar-refractivity contribution >= 4 is 60.1 Å². The summed E-state index contributed by atoms with van der Waals surface area (Å²) in [6.07, 6.45) is 6.58. The predicted molar refractivity (Wildman–Crippen MR) is 93.1 cm³/mol. The maximum absolute atomic E-state index is 14.2. The number of carbonyl (C=O) groups excluding carboxylic acids is 1. The fourth-order valence-corrected chi connectivity index (χ4v) is 5.08. The van der Waals surface area contributed by atoms with Gasteiger partial charge in [-0.2, -0.15) is 0 Å². The van der Waals surface area contributed by atoms with Crippen LogP contribution in [0.25, 0.3) is 11.0 Å². The van der Waals surface area contributed by atoms with Gasteiger partial charge in [-0.25, -0.2) is 9.18 Å². The number of esters is 1. The fraction of sp³-hybridized carbons (Fsp3) is 0.533. The number of unbranched alkanes of at least 4 members (excludes halogenated alkanes) is 5. The van der Waals surface area contributed by atoms with E-state index in [0.717, 1.165) is 19.3 Å². The highest BCUT2D eigenvalue weighted by molar-refractivity contribution is 9.12. The van der Waals surface area contributed by atoms with Crippen molar-refractivity contribution in [3.8, 4) is 0 Å². The molecule has 0 radical (unpaired) electrons. The molecular weight excluding hydrogens is 439 g/mol. The fourth-order valence-electron chi connectivity index (χ4n) is 2.15. The van der Waals surface area contributed by atoms with Crippen molar-refractivity contribution in [2.24, 2.45) is 0 Å². The van der Waals surface area contributed by atoms with Gasteiger partial charge in [0.25, 0.3) is 0 Å². The summed E-state index contributed by atoms with van der Waals surface area (Å²) in [5.74, 6) is -1.77. The zero-order chi connectivity index (χ0) is 16.1. The Morgan fingerprint density at radius 3 is 2.55 bits per heavy atom. The molecule has 0 atom stereocenters. The summed E-state index contributed by atoms with van der Waals surface area (Å²) in [6, 6.07) is 0. The van der Waals surface area contributed by atoms with Crippen molar-refractivity contribution in [1.82, 2.24) is 0 Å². The van der Waals surface area contributed by atoms with E-state index in [1.165, 1.54) is 30.6 Å². The second kappa shape index (κ2) is 8.45. The molecule has 22 heavy (non-hydrogen) atoms. The van der Waals surface area contributed by atoms with Crippen molar-refractivity contribution in [1.29, 1.82) is 0 Å². The molecule has 0 aliphatic carbocycles. The van der Waals surface area contributed by atoms with Crippen molar-refractivity contribution in [2.75, 3.05) is 6.61 Å². The van der Waals surface area contributed by atoms with Gasteiger partial charge in [0, 0.05) is 0 Å². The first-order valence-corrected chi connectivity index (χ1v) is 9.69. The summed E-state index contributed by atoms with van der Waals surface area (Å²) < 4.78 is 25.9. The lowest BCUT2D eigenvalue weighted by molar-refractivity contribution is 0.0457. The third-order valence-electron chi connectivity index (χ3n) is 3.32. The molecule has 2 heterocycles. The first-order chi connectivity index (χ1) is 10.6. The van der Waals surface area contributed by atoms with Gasteiger partial charge in [-0.1, -0.05) is 39.0 Å². The molecular formula is C15H17Br2FO3S. The highest BCUT2D eigenvalue weighted by Gasteiger charge is 2.26. The number of hydrogen-bond donors (Lipinski definition) is 0. The van der Waals surface area contributed by atoms with E-state index in [0.29, 0.717) is 19.8 Å². The van der Waals surface area contributed by atoms with Crippen LogP contribution in [0.1, 0.15) is 56.0 Å². The lowest BCUT2D eigenvalue weighted by atomic mass is 10.1. The largest absolute Gasteiger partial charge is 0.460 e. The van der Waals surface area contributed by atoms with Crippen LogP contribution in [0.15, 0.2) is 12.0 Å². The Hall–Kier alpha value is -0.400. The second-order valence-electron chi connectivity index (χ2n) is 5.00. The zero-order valence-electron chi connectivity index (χ0n) is 12.2. The van der Waals surface area contributed by atoms with E-state index < -0.39 is 11.8 Å². The van der Waals surface area contributed by atoms with Crippen LogP contribution in [0, 0.1) is 5.82 Å². The van der Waals surface area contributed by atoms with E-state index in [9.17, 15) is 9.18 Å². The molecule has 0 saturated carbocycles. The van der Waals surface area contributed by atoms with Gasteiger partial charge in [0.15, 0.2) is 11.4 Å². The van der Waals surface area contributed by atoms with Crippen LogP contribution in [0.2, 0.25) is 0 Å². The Bertz CT molecular complexity index is 651. The van der Waals surface area contributed by atoms with Crippen LogP contribution in [-0.2, 0) is 4.74 Å². The third kappa shape index (κ3) is 4.11. The Labute approximate surface area is 149 Å². The quantitative estimate of drug-likeness (QED) is 0.329. The molecule has 2 aromatic heterocycles. The molecule has 7 heteroatoms. The molecule has 0 aliphatic heterocycles. The van der Waals surface area contributed by atoms with Crippen molar-refractivity contribution in [2.45, 2.75) is 45.4 Å². The SMILES string of the molecule is CCCCCCCCOC(=O)c1oc2c(Br)sc(Br)c2c1F. The average molecular weight is 456 g/mol. The number of furan rings is 1. The zero-order valence-corrected chi connectivity index (χ0v) is 16.2. The number of fused-ring (bicyclic) bond motifs is 1. The molecule has 0 amide bonds. The van der Waals surface area contributed by atoms with Gasteiger partial charge in [-0.15, -0.1) is 11.3 Å². The smallest absolute Gasteiger partial charge is 0.377 e. The number of thiophene rings is 1. The summed E-state index contributed by atoms with van der Waals surface area (Å²) in [6.45, 7) is 2.46. The van der Waals surface area contributed by atoms with Gasteiger partial charge in [0.1, 0.15) is 3.79 Å². The molecule has 0 fully saturated rings. The molecule has 2 aromatic rings. The Balaban J connectivity index is 1.88. The molecule has 0 bridgehead atoms. The minimum absolute atomic E-state index is 0.281. The van der Waals surface area contributed by atoms with Crippen molar-refractivity contribution < 1.29 is 18.3 Å². The Kier molecular flexibility index (Phi) is 6.89. The van der Waals surface area contributed by atoms with E-state index in [1.807, 2.05) is 0 Å². The topological polar surface area (TPSA) is 39.4 Å². The van der Waals surface area contributed by atoms with Gasteiger partial charge >= 0.3 is 5.97 Å². The first-order valence-electron chi connectivity index (χ1n) is 7.29. The van der Waals surface area contributed by atoms with Crippen molar-refractivity contribution in [3.05, 3.63) is 19.2 Å². The molecule has 0 N–H and O–H groups in total. The number of ether oxygens (including phenoxy) is 1. The van der Waals surface area contributed by atoms with Crippen LogP contribution in [0.4, 0.5) is 4.39 Å². The average Bonchev–Trinajstić information content (AvgIpc) is 2.97. The maximum Gasteiger partial charge on any atom is 0.377 e. The standard InChI is InChI=1S/C15H17Br2FO3S/c1-2-3-4-5-6-7-8-20-15(19)12-10(18)9-11(21-12)14(17)22-13(9)16/h2-8H2,1H3. The highest BCUT2D eigenvalue weighted by Crippen LogP contribution is 2.42. The van der Waals surface area contributed by atoms with E-state index in [4.69, 9.17) is 9.15 Å². The van der Waals surface area contributed by atoms with Crippen LogP contribution in [0.5, 0.6) is 0 Å². The van der Waals surface area contributed by atoms with E-state index in [-0.39, 0.29) is 11.1 Å². The molecule has 0 aromatic carbocycles. The van der Waals surface area contributed by atoms with Crippen molar-refractivity contribution in [3.63, 3.8) is 0 Å². The molecule has 0 aliphatic rings. The molecule has 0 spiro atoms. The monoisotopic (exact) mass is 454 g/mol. The van der Waals surface area contributed by atoms with Gasteiger partial charge in [-0.3, -0.25) is 0 Å². The Morgan fingerprint density at radius 2 is 1.86 bits per heavy atom. The number of hydrogen-bond acceptors (Lipinski definition) is 4. The van der Waals surface area contributed by atoms with E-state index in [1.54, 1.807) is 0 Å². The lowest BCUT2D eigenvalue weighted by Crippen LogP contribution is -2.07. The van der Waals surface area contributed by atoms with E-state index >= 15 is 0 Å². The summed E-state index contributed by atoms with van der Waals surface area (Å²) in [5, 5.41) is 0.281. The molecule has 0 unspecified atom stereocenters. The van der Waals surface area contributed by atoms with Crippen LogP contribution in [-0.4, -0.2) is 12.6 Å². The lowest BCUT2D eigenvalue weighted by Gasteiger charge is -2.03. The van der Waals surface area contributed by atoms with E-state index in [2.05, 4.69) is 38.8 Å². The van der Waals surface area contributed by atoms with Gasteiger partial charge in [0.2, 0.25) is 5.76 Å². The summed E-state index contributed by atoms with van der Waals surface area (Å²) >= 11 is 7.85. The van der Waals surface area contributed by atoms with Gasteiger partial charge in [0.05, 0.1) is 15.8 Å². The minimum atomic E-state index is -0.744. The van der Waals surface area contributed by atoms with Gasteiger partial charge in [-0.05, 0) is 38.3 Å². The summed E-state index contributed by atoms with van der Waals surface area (Å²) in [4.78, 5) is 11.9. The minimum Gasteiger partial charge on any atom is -0.460 e. The predicted octanol–water partition coefficient (Wildman–Crippen LogP) is 6.68. The number of rotatable bonds is 8. The number of halogens is 3. The molecule has 0 saturated heterocycles. The highest BCUT2D eigenvalue weighted by atomic mass is 79.9. The summed E-state index contributed by atoms with van der Waals surface area (Å²) in [5.41, 5.74) is 0.334. The van der Waals surface area contributed by atoms with Gasteiger partial charge < -0.3 is 9.15 Å². The van der Waals surface area contributed by atoms with Crippen LogP contribution in [0.3, 0.4) is 0 Å². The maximum atomic E-state index is 14.2. The van der Waals surface area contributed by atoms with Crippen LogP contribution < -0.4 is 0 Å². The number of carbonyl (C=O) groups is 1. The first kappa shape index (κ1) is 17.9. The normalized spacial score (nSPS) is 11.3.